The van der Waals surface area contributed by atoms with Gasteiger partial charge in [0.1, 0.15) is 0 Å². The van der Waals surface area contributed by atoms with Crippen LogP contribution in [0.25, 0.3) is 0 Å². The predicted octanol–water partition coefficient (Wildman–Crippen LogP) is 3.85. The Hall–Kier alpha value is -0.110. The zero-order valence-electron chi connectivity index (χ0n) is 9.64. The van der Waals surface area contributed by atoms with E-state index in [1.165, 1.54) is 36.3 Å². The lowest BCUT2D eigenvalue weighted by Crippen LogP contribution is -2.25. The maximum absolute atomic E-state index is 5.49. The smallest absolute Gasteiger partial charge is 0.0878 e. The summed E-state index contributed by atoms with van der Waals surface area (Å²) in [5.74, 6) is 2.66. The highest BCUT2D eigenvalue weighted by Gasteiger charge is 2.26. The zero-order valence-corrected chi connectivity index (χ0v) is 10.5. The van der Waals surface area contributed by atoms with E-state index in [0.29, 0.717) is 5.41 Å². The molecule has 82 valence electrons. The lowest BCUT2D eigenvalue weighted by molar-refractivity contribution is 0.179. The lowest BCUT2D eigenvalue weighted by atomic mass is 9.84. The largest absolute Gasteiger partial charge is 0.501 e. The number of hydrogen-bond donors (Lipinski definition) is 0. The van der Waals surface area contributed by atoms with Crippen molar-refractivity contribution in [1.82, 2.24) is 0 Å². The van der Waals surface area contributed by atoms with Gasteiger partial charge in [-0.3, -0.25) is 0 Å². The summed E-state index contributed by atoms with van der Waals surface area (Å²) in [6.07, 6.45) is 5.82. The van der Waals surface area contributed by atoms with Gasteiger partial charge >= 0.3 is 0 Å². The van der Waals surface area contributed by atoms with Crippen LogP contribution in [-0.2, 0) is 4.74 Å². The predicted molar refractivity (Wildman–Crippen MR) is 64.7 cm³/mol. The summed E-state index contributed by atoms with van der Waals surface area (Å²) < 4.78 is 5.49. The fourth-order valence-corrected chi connectivity index (χ4v) is 2.99. The van der Waals surface area contributed by atoms with Gasteiger partial charge in [0.25, 0.3) is 0 Å². The molecule has 2 heteroatoms. The van der Waals surface area contributed by atoms with Crippen molar-refractivity contribution in [3.63, 3.8) is 0 Å². The summed E-state index contributed by atoms with van der Waals surface area (Å²) >= 11 is 2.10. The Morgan fingerprint density at radius 2 is 2.29 bits per heavy atom. The van der Waals surface area contributed by atoms with Crippen LogP contribution < -0.4 is 0 Å². The Morgan fingerprint density at radius 3 is 2.86 bits per heavy atom. The van der Waals surface area contributed by atoms with Crippen LogP contribution in [-0.4, -0.2) is 18.1 Å². The van der Waals surface area contributed by atoms with Crippen molar-refractivity contribution in [2.75, 3.05) is 18.1 Å². The molecule has 0 spiro atoms. The molecule has 0 N–H and O–H groups in total. The fourth-order valence-electron chi connectivity index (χ4n) is 1.72. The Kier molecular flexibility index (Phi) is 4.86. The van der Waals surface area contributed by atoms with E-state index in [-0.39, 0.29) is 0 Å². The highest BCUT2D eigenvalue weighted by molar-refractivity contribution is 7.99. The van der Waals surface area contributed by atoms with Crippen LogP contribution in [0.15, 0.2) is 11.8 Å². The van der Waals surface area contributed by atoms with E-state index < -0.39 is 0 Å². The third kappa shape index (κ3) is 4.41. The first-order valence-corrected chi connectivity index (χ1v) is 6.61. The summed E-state index contributed by atoms with van der Waals surface area (Å²) in [6, 6.07) is 0. The molecule has 1 nitrogen and oxygen atoms in total. The second-order valence-electron chi connectivity index (χ2n) is 4.78. The van der Waals surface area contributed by atoms with Crippen LogP contribution in [0.3, 0.4) is 0 Å². The highest BCUT2D eigenvalue weighted by atomic mass is 32.2. The maximum Gasteiger partial charge on any atom is 0.0878 e. The molecule has 1 fully saturated rings. The van der Waals surface area contributed by atoms with Gasteiger partial charge in [0.05, 0.1) is 12.9 Å². The van der Waals surface area contributed by atoms with Crippen molar-refractivity contribution in [3.05, 3.63) is 11.8 Å². The molecule has 1 heterocycles. The summed E-state index contributed by atoms with van der Waals surface area (Å²) in [4.78, 5) is 0. The molecular weight excluding hydrogens is 192 g/mol. The van der Waals surface area contributed by atoms with Crippen molar-refractivity contribution in [2.24, 2.45) is 5.41 Å². The molecule has 0 radical (unpaired) electrons. The molecule has 0 aromatic rings. The second-order valence-corrected chi connectivity index (χ2v) is 5.89. The third-order valence-electron chi connectivity index (χ3n) is 2.66. The molecule has 1 aliphatic rings. The van der Waals surface area contributed by atoms with Gasteiger partial charge in [-0.05, 0) is 55.6 Å². The SMILES string of the molecule is CC(C)=COCCC1(C)CCCSC1. The molecule has 0 amide bonds. The van der Waals surface area contributed by atoms with Gasteiger partial charge in [-0.25, -0.2) is 0 Å². The van der Waals surface area contributed by atoms with Crippen molar-refractivity contribution in [1.29, 1.82) is 0 Å². The molecule has 0 aromatic heterocycles. The molecule has 14 heavy (non-hydrogen) atoms. The van der Waals surface area contributed by atoms with Gasteiger partial charge in [-0.15, -0.1) is 0 Å². The molecule has 0 bridgehead atoms. The summed E-state index contributed by atoms with van der Waals surface area (Å²) in [5, 5.41) is 0. The number of thioether (sulfide) groups is 1. The molecule has 1 aliphatic heterocycles. The van der Waals surface area contributed by atoms with E-state index in [0.717, 1.165) is 6.61 Å². The molecule has 0 aliphatic carbocycles. The molecule has 1 saturated heterocycles. The molecule has 0 aromatic carbocycles. The third-order valence-corrected chi connectivity index (χ3v) is 4.14. The van der Waals surface area contributed by atoms with E-state index in [2.05, 4.69) is 32.5 Å². The Balaban J connectivity index is 2.19. The number of ether oxygens (including phenoxy) is 1. The van der Waals surface area contributed by atoms with Crippen LogP contribution in [0.4, 0.5) is 0 Å². The average Bonchev–Trinajstić information content (AvgIpc) is 2.14. The first-order valence-electron chi connectivity index (χ1n) is 5.45. The number of hydrogen-bond acceptors (Lipinski definition) is 2. The summed E-state index contributed by atoms with van der Waals surface area (Å²) in [5.41, 5.74) is 1.77. The standard InChI is InChI=1S/C12H22OS/c1-11(2)9-13-7-6-12(3)5-4-8-14-10-12/h9H,4-8,10H2,1-3H3. The van der Waals surface area contributed by atoms with Crippen molar-refractivity contribution in [2.45, 2.75) is 40.0 Å². The quantitative estimate of drug-likeness (QED) is 0.519. The van der Waals surface area contributed by atoms with E-state index >= 15 is 0 Å². The van der Waals surface area contributed by atoms with E-state index in [1.54, 1.807) is 0 Å². The topological polar surface area (TPSA) is 9.23 Å². The average molecular weight is 214 g/mol. The molecular formula is C12H22OS. The summed E-state index contributed by atoms with van der Waals surface area (Å²) in [7, 11) is 0. The molecule has 0 saturated carbocycles. The van der Waals surface area contributed by atoms with E-state index in [9.17, 15) is 0 Å². The monoisotopic (exact) mass is 214 g/mol. The van der Waals surface area contributed by atoms with Crippen LogP contribution in [0, 0.1) is 5.41 Å². The first-order chi connectivity index (χ1) is 6.62. The Bertz CT molecular complexity index is 188. The van der Waals surface area contributed by atoms with Crippen LogP contribution in [0.5, 0.6) is 0 Å². The van der Waals surface area contributed by atoms with Crippen LogP contribution in [0.2, 0.25) is 0 Å². The molecule has 1 unspecified atom stereocenters. The van der Waals surface area contributed by atoms with Crippen molar-refractivity contribution in [3.8, 4) is 0 Å². The first kappa shape index (κ1) is 12.0. The van der Waals surface area contributed by atoms with Crippen LogP contribution in [0.1, 0.15) is 40.0 Å². The van der Waals surface area contributed by atoms with Crippen LogP contribution >= 0.6 is 11.8 Å². The minimum atomic E-state index is 0.526. The van der Waals surface area contributed by atoms with Gasteiger partial charge in [0.2, 0.25) is 0 Å². The lowest BCUT2D eigenvalue weighted by Gasteiger charge is -2.32. The van der Waals surface area contributed by atoms with Gasteiger partial charge in [-0.1, -0.05) is 6.92 Å². The van der Waals surface area contributed by atoms with Crippen molar-refractivity contribution >= 4 is 11.8 Å². The van der Waals surface area contributed by atoms with E-state index in [4.69, 9.17) is 4.74 Å². The second kappa shape index (κ2) is 5.69. The van der Waals surface area contributed by atoms with Gasteiger partial charge in [0, 0.05) is 0 Å². The fraction of sp³-hybridized carbons (Fsp3) is 0.833. The number of allylic oxidation sites excluding steroid dienone is 1. The normalized spacial score (nSPS) is 27.1. The number of rotatable bonds is 4. The molecule has 1 rings (SSSR count). The highest BCUT2D eigenvalue weighted by Crippen LogP contribution is 2.36. The van der Waals surface area contributed by atoms with Gasteiger partial charge in [-0.2, -0.15) is 11.8 Å². The zero-order chi connectivity index (χ0) is 10.4. The van der Waals surface area contributed by atoms with E-state index in [1.807, 2.05) is 6.26 Å². The minimum Gasteiger partial charge on any atom is -0.501 e. The van der Waals surface area contributed by atoms with Gasteiger partial charge in [0.15, 0.2) is 0 Å². The summed E-state index contributed by atoms with van der Waals surface area (Å²) in [6.45, 7) is 7.41. The van der Waals surface area contributed by atoms with Crippen molar-refractivity contribution < 1.29 is 4.74 Å². The molecule has 1 atom stereocenters. The minimum absolute atomic E-state index is 0.526. The van der Waals surface area contributed by atoms with Gasteiger partial charge < -0.3 is 4.74 Å². The maximum atomic E-state index is 5.49. The Morgan fingerprint density at radius 1 is 1.50 bits per heavy atom. The Labute approximate surface area is 92.3 Å².